The number of nitriles is 1. The standard InChI is InChI=1S/C12H17N/c1-12-4-8-2-9(5-12)11(7-13)10(3-8)6-12/h8-11H,2-6H2,1H3. The fraction of sp³-hybridized carbons (Fsp3) is 0.917. The van der Waals surface area contributed by atoms with E-state index in [1.165, 1.54) is 32.1 Å². The number of hydrogen-bond acceptors (Lipinski definition) is 1. The molecule has 2 unspecified atom stereocenters. The molecule has 70 valence electrons. The lowest BCUT2D eigenvalue weighted by Crippen LogP contribution is -2.49. The quantitative estimate of drug-likeness (QED) is 0.555. The highest BCUT2D eigenvalue weighted by Gasteiger charge is 2.53. The highest BCUT2D eigenvalue weighted by molar-refractivity contribution is 5.08. The van der Waals surface area contributed by atoms with Crippen LogP contribution in [0, 0.1) is 40.4 Å². The summed E-state index contributed by atoms with van der Waals surface area (Å²) in [7, 11) is 0. The fourth-order valence-electron chi connectivity index (χ4n) is 4.64. The molecule has 2 atom stereocenters. The van der Waals surface area contributed by atoms with E-state index in [2.05, 4.69) is 13.0 Å². The SMILES string of the molecule is CC12CC3CC(C1)C(C#N)C(C3)C2. The first kappa shape index (κ1) is 7.85. The highest BCUT2D eigenvalue weighted by Crippen LogP contribution is 2.61. The molecule has 4 fully saturated rings. The molecule has 0 aliphatic heterocycles. The van der Waals surface area contributed by atoms with E-state index in [-0.39, 0.29) is 0 Å². The Morgan fingerprint density at radius 3 is 2.23 bits per heavy atom. The second-order valence-electron chi connectivity index (χ2n) is 5.94. The van der Waals surface area contributed by atoms with Gasteiger partial charge in [-0.1, -0.05) is 6.92 Å². The second-order valence-corrected chi connectivity index (χ2v) is 5.94. The summed E-state index contributed by atoms with van der Waals surface area (Å²) in [6.07, 6.45) is 6.88. The summed E-state index contributed by atoms with van der Waals surface area (Å²) < 4.78 is 0. The molecule has 13 heavy (non-hydrogen) atoms. The average Bonchev–Trinajstić information content (AvgIpc) is 2.00. The van der Waals surface area contributed by atoms with Crippen molar-refractivity contribution in [1.29, 1.82) is 5.26 Å². The number of hydrogen-bond donors (Lipinski definition) is 0. The first-order valence-corrected chi connectivity index (χ1v) is 5.60. The van der Waals surface area contributed by atoms with Crippen molar-refractivity contribution >= 4 is 0 Å². The van der Waals surface area contributed by atoms with E-state index >= 15 is 0 Å². The third-order valence-electron chi connectivity index (χ3n) is 4.73. The van der Waals surface area contributed by atoms with Crippen molar-refractivity contribution in [3.05, 3.63) is 0 Å². The van der Waals surface area contributed by atoms with Crippen LogP contribution in [0.1, 0.15) is 39.0 Å². The Balaban J connectivity index is 1.95. The van der Waals surface area contributed by atoms with Crippen molar-refractivity contribution in [2.24, 2.45) is 29.1 Å². The van der Waals surface area contributed by atoms with E-state index < -0.39 is 0 Å². The van der Waals surface area contributed by atoms with E-state index in [1.807, 2.05) is 0 Å². The van der Waals surface area contributed by atoms with Crippen molar-refractivity contribution in [3.63, 3.8) is 0 Å². The van der Waals surface area contributed by atoms with Crippen LogP contribution in [0.15, 0.2) is 0 Å². The van der Waals surface area contributed by atoms with Gasteiger partial charge < -0.3 is 0 Å². The van der Waals surface area contributed by atoms with Gasteiger partial charge in [0.2, 0.25) is 0 Å². The molecule has 0 aromatic rings. The molecule has 0 heterocycles. The fourth-order valence-corrected chi connectivity index (χ4v) is 4.64. The van der Waals surface area contributed by atoms with Crippen LogP contribution in [-0.2, 0) is 0 Å². The van der Waals surface area contributed by atoms with Gasteiger partial charge in [-0.25, -0.2) is 0 Å². The summed E-state index contributed by atoms with van der Waals surface area (Å²) in [4.78, 5) is 0. The van der Waals surface area contributed by atoms with Crippen LogP contribution in [0.25, 0.3) is 0 Å². The normalized spacial score (nSPS) is 57.8. The van der Waals surface area contributed by atoms with Gasteiger partial charge in [0.15, 0.2) is 0 Å². The Morgan fingerprint density at radius 2 is 1.77 bits per heavy atom. The molecule has 4 aliphatic rings. The lowest BCUT2D eigenvalue weighted by Gasteiger charge is -2.57. The number of rotatable bonds is 0. The van der Waals surface area contributed by atoms with Crippen LogP contribution in [0.4, 0.5) is 0 Å². The minimum atomic E-state index is 0.421. The second kappa shape index (κ2) is 2.29. The molecule has 0 spiro atoms. The third kappa shape index (κ3) is 0.980. The Bertz CT molecular complexity index is 259. The first-order valence-electron chi connectivity index (χ1n) is 5.60. The van der Waals surface area contributed by atoms with E-state index in [4.69, 9.17) is 5.26 Å². The summed E-state index contributed by atoms with van der Waals surface area (Å²) in [6, 6.07) is 2.56. The molecule has 0 N–H and O–H groups in total. The van der Waals surface area contributed by atoms with E-state index in [0.717, 1.165) is 17.8 Å². The summed E-state index contributed by atoms with van der Waals surface area (Å²) in [5, 5.41) is 9.13. The molecule has 1 heteroatoms. The van der Waals surface area contributed by atoms with Crippen molar-refractivity contribution in [3.8, 4) is 6.07 Å². The third-order valence-corrected chi connectivity index (χ3v) is 4.73. The molecule has 0 amide bonds. The van der Waals surface area contributed by atoms with Gasteiger partial charge in [-0.2, -0.15) is 5.26 Å². The maximum atomic E-state index is 9.13. The monoisotopic (exact) mass is 175 g/mol. The van der Waals surface area contributed by atoms with Crippen molar-refractivity contribution in [2.75, 3.05) is 0 Å². The van der Waals surface area contributed by atoms with E-state index in [9.17, 15) is 0 Å². The average molecular weight is 175 g/mol. The lowest BCUT2D eigenvalue weighted by atomic mass is 9.47. The topological polar surface area (TPSA) is 23.8 Å². The first-order chi connectivity index (χ1) is 6.20. The van der Waals surface area contributed by atoms with Gasteiger partial charge in [-0.3, -0.25) is 0 Å². The minimum Gasteiger partial charge on any atom is -0.198 e. The molecule has 0 aromatic carbocycles. The van der Waals surface area contributed by atoms with Crippen molar-refractivity contribution < 1.29 is 0 Å². The summed E-state index contributed by atoms with van der Waals surface area (Å²) in [6.45, 7) is 2.45. The molecule has 1 nitrogen and oxygen atoms in total. The van der Waals surface area contributed by atoms with Gasteiger partial charge >= 0.3 is 0 Å². The molecular formula is C12H17N. The minimum absolute atomic E-state index is 0.421. The van der Waals surface area contributed by atoms with Crippen LogP contribution in [0.5, 0.6) is 0 Å². The van der Waals surface area contributed by atoms with E-state index in [0.29, 0.717) is 11.3 Å². The smallest absolute Gasteiger partial charge is 0.0661 e. The van der Waals surface area contributed by atoms with Gasteiger partial charge in [0, 0.05) is 0 Å². The molecule has 4 rings (SSSR count). The van der Waals surface area contributed by atoms with Gasteiger partial charge in [0.25, 0.3) is 0 Å². The van der Waals surface area contributed by atoms with Gasteiger partial charge in [-0.05, 0) is 55.3 Å². The molecular weight excluding hydrogens is 158 g/mol. The van der Waals surface area contributed by atoms with Gasteiger partial charge in [0.05, 0.1) is 12.0 Å². The Hall–Kier alpha value is -0.510. The zero-order chi connectivity index (χ0) is 9.05. The van der Waals surface area contributed by atoms with Crippen molar-refractivity contribution in [1.82, 2.24) is 0 Å². The highest BCUT2D eigenvalue weighted by atomic mass is 14.6. The largest absolute Gasteiger partial charge is 0.198 e. The van der Waals surface area contributed by atoms with Crippen molar-refractivity contribution in [2.45, 2.75) is 39.0 Å². The Morgan fingerprint density at radius 1 is 1.15 bits per heavy atom. The Kier molecular flexibility index (Phi) is 1.38. The van der Waals surface area contributed by atoms with Crippen LogP contribution in [-0.4, -0.2) is 0 Å². The Labute approximate surface area is 80.1 Å². The molecule has 4 aliphatic carbocycles. The zero-order valence-corrected chi connectivity index (χ0v) is 8.29. The predicted molar refractivity (Wildman–Crippen MR) is 50.8 cm³/mol. The van der Waals surface area contributed by atoms with Crippen LogP contribution >= 0.6 is 0 Å². The maximum Gasteiger partial charge on any atom is 0.0661 e. The van der Waals surface area contributed by atoms with Gasteiger partial charge in [0.1, 0.15) is 0 Å². The molecule has 4 saturated carbocycles. The van der Waals surface area contributed by atoms with Crippen LogP contribution < -0.4 is 0 Å². The summed E-state index contributed by atoms with van der Waals surface area (Å²) in [5.41, 5.74) is 0.629. The zero-order valence-electron chi connectivity index (χ0n) is 8.29. The number of nitrogens with zero attached hydrogens (tertiary/aromatic N) is 1. The predicted octanol–water partition coefficient (Wildman–Crippen LogP) is 2.97. The van der Waals surface area contributed by atoms with Crippen LogP contribution in [0.2, 0.25) is 0 Å². The molecule has 0 radical (unpaired) electrons. The molecule has 0 aromatic heterocycles. The maximum absolute atomic E-state index is 9.13. The molecule has 0 saturated heterocycles. The van der Waals surface area contributed by atoms with Crippen LogP contribution in [0.3, 0.4) is 0 Å². The van der Waals surface area contributed by atoms with Gasteiger partial charge in [-0.15, -0.1) is 0 Å². The lowest BCUT2D eigenvalue weighted by molar-refractivity contribution is -0.0675. The summed E-state index contributed by atoms with van der Waals surface area (Å²) >= 11 is 0. The molecule has 4 bridgehead atoms. The van der Waals surface area contributed by atoms with E-state index in [1.54, 1.807) is 0 Å². The summed E-state index contributed by atoms with van der Waals surface area (Å²) in [5.74, 6) is 2.93.